The first-order chi connectivity index (χ1) is 11.4. The number of carbonyl (C=O) groups is 2. The Hall–Kier alpha value is -3.09. The van der Waals surface area contributed by atoms with E-state index in [4.69, 9.17) is 14.2 Å². The molecule has 24 heavy (non-hydrogen) atoms. The number of aryl methyl sites for hydroxylation is 1. The lowest BCUT2D eigenvalue weighted by Gasteiger charge is -2.14. The molecule has 1 aromatic heterocycles. The van der Waals surface area contributed by atoms with Gasteiger partial charge in [0.15, 0.2) is 17.3 Å². The lowest BCUT2D eigenvalue weighted by Crippen LogP contribution is -2.12. The third-order valence-electron chi connectivity index (χ3n) is 3.47. The minimum Gasteiger partial charge on any atom is -0.496 e. The van der Waals surface area contributed by atoms with Gasteiger partial charge in [0.05, 0.1) is 32.5 Å². The van der Waals surface area contributed by atoms with Gasteiger partial charge in [-0.1, -0.05) is 0 Å². The summed E-state index contributed by atoms with van der Waals surface area (Å²) in [6.45, 7) is 1.67. The Morgan fingerprint density at radius 3 is 2.00 bits per heavy atom. The number of ketones is 1. The van der Waals surface area contributed by atoms with Crippen LogP contribution in [0.15, 0.2) is 24.4 Å². The molecule has 2 rings (SSSR count). The van der Waals surface area contributed by atoms with Crippen molar-refractivity contribution >= 4 is 11.8 Å². The number of carbonyl (C=O) groups excluding carboxylic acids is 1. The molecule has 2 aromatic rings. The van der Waals surface area contributed by atoms with Gasteiger partial charge in [0.1, 0.15) is 5.75 Å². The molecule has 0 unspecified atom stereocenters. The SMILES string of the molecule is COc1cc(OC)c(C(=O)c2cc(C)ncc2C(=O)O)cc1OC. The first-order valence-electron chi connectivity index (χ1n) is 6.97. The number of nitrogens with zero attached hydrogens (tertiary/aromatic N) is 1. The van der Waals surface area contributed by atoms with Crippen LogP contribution in [-0.4, -0.2) is 43.2 Å². The van der Waals surface area contributed by atoms with E-state index in [1.165, 1.54) is 39.5 Å². The van der Waals surface area contributed by atoms with Crippen molar-refractivity contribution in [3.63, 3.8) is 0 Å². The van der Waals surface area contributed by atoms with Gasteiger partial charge in [0.25, 0.3) is 0 Å². The average molecular weight is 331 g/mol. The summed E-state index contributed by atoms with van der Waals surface area (Å²) in [4.78, 5) is 28.2. The zero-order chi connectivity index (χ0) is 17.9. The fourth-order valence-electron chi connectivity index (χ4n) is 2.27. The molecule has 0 atom stereocenters. The summed E-state index contributed by atoms with van der Waals surface area (Å²) < 4.78 is 15.6. The molecule has 0 saturated carbocycles. The smallest absolute Gasteiger partial charge is 0.338 e. The van der Waals surface area contributed by atoms with Crippen LogP contribution in [0.25, 0.3) is 0 Å². The summed E-state index contributed by atoms with van der Waals surface area (Å²) in [5, 5.41) is 9.29. The van der Waals surface area contributed by atoms with Gasteiger partial charge in [0, 0.05) is 23.5 Å². The van der Waals surface area contributed by atoms with E-state index in [0.29, 0.717) is 17.2 Å². The fraction of sp³-hybridized carbons (Fsp3) is 0.235. The largest absolute Gasteiger partial charge is 0.496 e. The van der Waals surface area contributed by atoms with Gasteiger partial charge in [-0.3, -0.25) is 9.78 Å². The zero-order valence-electron chi connectivity index (χ0n) is 13.7. The van der Waals surface area contributed by atoms with E-state index in [1.807, 2.05) is 0 Å². The van der Waals surface area contributed by atoms with Gasteiger partial charge in [-0.15, -0.1) is 0 Å². The summed E-state index contributed by atoms with van der Waals surface area (Å²) >= 11 is 0. The molecule has 1 aromatic carbocycles. The molecule has 0 fully saturated rings. The van der Waals surface area contributed by atoms with E-state index >= 15 is 0 Å². The molecule has 7 heteroatoms. The third-order valence-corrected chi connectivity index (χ3v) is 3.47. The summed E-state index contributed by atoms with van der Waals surface area (Å²) in [6, 6.07) is 4.41. The number of pyridine rings is 1. The Kier molecular flexibility index (Phi) is 5.03. The number of aromatic nitrogens is 1. The lowest BCUT2D eigenvalue weighted by atomic mass is 9.98. The molecule has 0 aliphatic rings. The third kappa shape index (κ3) is 3.15. The van der Waals surface area contributed by atoms with Gasteiger partial charge in [0.2, 0.25) is 0 Å². The Bertz CT molecular complexity index is 800. The van der Waals surface area contributed by atoms with Crippen LogP contribution in [-0.2, 0) is 0 Å². The maximum absolute atomic E-state index is 12.9. The van der Waals surface area contributed by atoms with Crippen LogP contribution >= 0.6 is 0 Å². The number of aromatic carboxylic acids is 1. The van der Waals surface area contributed by atoms with Gasteiger partial charge in [-0.25, -0.2) is 4.79 Å². The molecule has 0 saturated heterocycles. The van der Waals surface area contributed by atoms with E-state index in [2.05, 4.69) is 4.98 Å². The van der Waals surface area contributed by atoms with Crippen molar-refractivity contribution in [2.75, 3.05) is 21.3 Å². The summed E-state index contributed by atoms with van der Waals surface area (Å²) in [6.07, 6.45) is 1.16. The minimum atomic E-state index is -1.23. The number of carboxylic acid groups (broad SMARTS) is 1. The van der Waals surface area contributed by atoms with E-state index in [9.17, 15) is 14.7 Å². The normalized spacial score (nSPS) is 10.2. The molecular formula is C17H17NO6. The van der Waals surface area contributed by atoms with E-state index in [1.54, 1.807) is 6.92 Å². The van der Waals surface area contributed by atoms with Crippen molar-refractivity contribution in [2.24, 2.45) is 0 Å². The average Bonchev–Trinajstić information content (AvgIpc) is 2.59. The monoisotopic (exact) mass is 331 g/mol. The standard InChI is InChI=1S/C17H17NO6/c1-9-5-10(12(8-18-9)17(20)21)16(19)11-6-14(23-3)15(24-4)7-13(11)22-2/h5-8H,1-4H3,(H,20,21). The molecule has 0 spiro atoms. The van der Waals surface area contributed by atoms with Crippen molar-refractivity contribution in [3.05, 3.63) is 46.8 Å². The second-order valence-corrected chi connectivity index (χ2v) is 4.91. The molecule has 1 N–H and O–H groups in total. The van der Waals surface area contributed by atoms with Crippen molar-refractivity contribution in [2.45, 2.75) is 6.92 Å². The highest BCUT2D eigenvalue weighted by atomic mass is 16.5. The quantitative estimate of drug-likeness (QED) is 0.812. The highest BCUT2D eigenvalue weighted by molar-refractivity contribution is 6.15. The number of carboxylic acids is 1. The van der Waals surface area contributed by atoms with Crippen LogP contribution in [0.1, 0.15) is 32.0 Å². The predicted octanol–water partition coefficient (Wildman–Crippen LogP) is 2.35. The number of rotatable bonds is 6. The molecular weight excluding hydrogens is 314 g/mol. The highest BCUT2D eigenvalue weighted by Crippen LogP contribution is 2.36. The first-order valence-corrected chi connectivity index (χ1v) is 6.97. The Labute approximate surface area is 138 Å². The second kappa shape index (κ2) is 6.99. The minimum absolute atomic E-state index is 0.0283. The van der Waals surface area contributed by atoms with Gasteiger partial charge in [-0.05, 0) is 19.1 Å². The topological polar surface area (TPSA) is 95.0 Å². The Morgan fingerprint density at radius 1 is 0.875 bits per heavy atom. The Morgan fingerprint density at radius 2 is 1.46 bits per heavy atom. The van der Waals surface area contributed by atoms with Crippen molar-refractivity contribution < 1.29 is 28.9 Å². The molecule has 7 nitrogen and oxygen atoms in total. The number of hydrogen-bond donors (Lipinski definition) is 1. The van der Waals surface area contributed by atoms with Crippen molar-refractivity contribution in [1.82, 2.24) is 4.98 Å². The Balaban J connectivity index is 2.66. The van der Waals surface area contributed by atoms with Crippen LogP contribution in [0.4, 0.5) is 0 Å². The predicted molar refractivity (Wildman–Crippen MR) is 85.5 cm³/mol. The number of ether oxygens (including phenoxy) is 3. The molecule has 1 heterocycles. The van der Waals surface area contributed by atoms with Gasteiger partial charge in [-0.2, -0.15) is 0 Å². The summed E-state index contributed by atoms with van der Waals surface area (Å²) in [5.74, 6) is -0.746. The maximum atomic E-state index is 12.9. The maximum Gasteiger partial charge on any atom is 0.338 e. The zero-order valence-corrected chi connectivity index (χ0v) is 13.7. The van der Waals surface area contributed by atoms with Crippen LogP contribution in [0.2, 0.25) is 0 Å². The van der Waals surface area contributed by atoms with E-state index in [0.717, 1.165) is 6.20 Å². The molecule has 0 radical (unpaired) electrons. The lowest BCUT2D eigenvalue weighted by molar-refractivity contribution is 0.0692. The van der Waals surface area contributed by atoms with Crippen LogP contribution < -0.4 is 14.2 Å². The van der Waals surface area contributed by atoms with Crippen LogP contribution in [0, 0.1) is 6.92 Å². The van der Waals surface area contributed by atoms with Crippen LogP contribution in [0.3, 0.4) is 0 Å². The van der Waals surface area contributed by atoms with Crippen molar-refractivity contribution in [3.8, 4) is 17.2 Å². The summed E-state index contributed by atoms with van der Waals surface area (Å²) in [7, 11) is 4.32. The number of methoxy groups -OCH3 is 3. The molecule has 0 aliphatic carbocycles. The molecule has 0 amide bonds. The van der Waals surface area contributed by atoms with Crippen LogP contribution in [0.5, 0.6) is 17.2 Å². The fourth-order valence-corrected chi connectivity index (χ4v) is 2.27. The second-order valence-electron chi connectivity index (χ2n) is 4.91. The summed E-state index contributed by atoms with van der Waals surface area (Å²) in [5.41, 5.74) is 0.550. The van der Waals surface area contributed by atoms with E-state index in [-0.39, 0.29) is 22.4 Å². The van der Waals surface area contributed by atoms with Gasteiger partial charge >= 0.3 is 5.97 Å². The van der Waals surface area contributed by atoms with Crippen molar-refractivity contribution in [1.29, 1.82) is 0 Å². The first kappa shape index (κ1) is 17.3. The number of hydrogen-bond acceptors (Lipinski definition) is 6. The van der Waals surface area contributed by atoms with E-state index < -0.39 is 11.8 Å². The number of benzene rings is 1. The molecule has 126 valence electrons. The highest BCUT2D eigenvalue weighted by Gasteiger charge is 2.23. The molecule has 0 aliphatic heterocycles. The molecule has 0 bridgehead atoms. The van der Waals surface area contributed by atoms with Gasteiger partial charge < -0.3 is 19.3 Å².